The Bertz CT molecular complexity index is 794. The molecule has 2 aromatic rings. The Kier molecular flexibility index (Phi) is 8.61. The maximum absolute atomic E-state index is 12.9. The Morgan fingerprint density at radius 2 is 1.76 bits per heavy atom. The van der Waals surface area contributed by atoms with Crippen molar-refractivity contribution in [3.05, 3.63) is 59.9 Å². The fraction of sp³-hybridized carbons (Fsp3) is 0.364. The molecule has 0 saturated carbocycles. The lowest BCUT2D eigenvalue weighted by Gasteiger charge is -2.26. The zero-order chi connectivity index (χ0) is 21.2. The van der Waals surface area contributed by atoms with Gasteiger partial charge in [0, 0.05) is 12.2 Å². The van der Waals surface area contributed by atoms with Crippen LogP contribution in [0.2, 0.25) is 0 Å². The van der Waals surface area contributed by atoms with Crippen molar-refractivity contribution in [2.45, 2.75) is 26.3 Å². The summed E-state index contributed by atoms with van der Waals surface area (Å²) in [5, 5.41) is 5.70. The fourth-order valence-electron chi connectivity index (χ4n) is 2.88. The first kappa shape index (κ1) is 22.4. The molecule has 0 radical (unpaired) electrons. The highest BCUT2D eigenvalue weighted by molar-refractivity contribution is 5.93. The molecule has 2 aromatic carbocycles. The van der Waals surface area contributed by atoms with Crippen LogP contribution in [0.5, 0.6) is 5.75 Å². The average molecular weight is 401 g/mol. The lowest BCUT2D eigenvalue weighted by atomic mass is 10.1. The quantitative estimate of drug-likeness (QED) is 0.642. The van der Waals surface area contributed by atoms with E-state index in [1.54, 1.807) is 55.3 Å². The second-order valence-corrected chi connectivity index (χ2v) is 6.68. The molecule has 2 N–H and O–H groups in total. The molecule has 0 spiro atoms. The van der Waals surface area contributed by atoms with Gasteiger partial charge in [0.25, 0.3) is 0 Å². The first-order valence-electron chi connectivity index (χ1n) is 9.63. The summed E-state index contributed by atoms with van der Waals surface area (Å²) in [7, 11) is 1.58. The lowest BCUT2D eigenvalue weighted by Crippen LogP contribution is -2.48. The van der Waals surface area contributed by atoms with Crippen LogP contribution in [-0.2, 0) is 16.0 Å². The van der Waals surface area contributed by atoms with Gasteiger partial charge in [0.05, 0.1) is 19.7 Å². The van der Waals surface area contributed by atoms with Crippen molar-refractivity contribution < 1.29 is 18.7 Å². The monoisotopic (exact) mass is 401 g/mol. The van der Waals surface area contributed by atoms with Crippen LogP contribution in [0.3, 0.4) is 0 Å². The minimum atomic E-state index is -0.449. The molecule has 0 bridgehead atoms. The number of anilines is 1. The van der Waals surface area contributed by atoms with Gasteiger partial charge in [0.15, 0.2) is 0 Å². The number of halogens is 1. The maximum Gasteiger partial charge on any atom is 0.238 e. The highest BCUT2D eigenvalue weighted by atomic mass is 19.1. The molecule has 156 valence electrons. The first-order valence-corrected chi connectivity index (χ1v) is 9.63. The summed E-state index contributed by atoms with van der Waals surface area (Å²) in [5.74, 6) is 0.0937. The first-order chi connectivity index (χ1) is 13.9. The third-order valence-corrected chi connectivity index (χ3v) is 4.68. The van der Waals surface area contributed by atoms with Crippen molar-refractivity contribution in [3.8, 4) is 5.75 Å². The van der Waals surface area contributed by atoms with E-state index in [1.807, 2.05) is 6.92 Å². The van der Waals surface area contributed by atoms with E-state index in [2.05, 4.69) is 10.6 Å². The van der Waals surface area contributed by atoms with E-state index in [0.29, 0.717) is 30.9 Å². The van der Waals surface area contributed by atoms with Gasteiger partial charge in [-0.1, -0.05) is 19.1 Å². The number of methoxy groups -OCH3 is 1. The van der Waals surface area contributed by atoms with Crippen LogP contribution >= 0.6 is 0 Å². The molecular weight excluding hydrogens is 373 g/mol. The Hall–Kier alpha value is -2.93. The number of ether oxygens (including phenoxy) is 1. The molecule has 1 atom stereocenters. The molecule has 0 aliphatic heterocycles. The number of rotatable bonds is 10. The highest BCUT2D eigenvalue weighted by Gasteiger charge is 2.22. The van der Waals surface area contributed by atoms with Crippen molar-refractivity contribution in [1.82, 2.24) is 10.2 Å². The Balaban J connectivity index is 1.80. The van der Waals surface area contributed by atoms with Gasteiger partial charge < -0.3 is 15.4 Å². The number of carbonyl (C=O) groups excluding carboxylic acids is 2. The van der Waals surface area contributed by atoms with E-state index in [1.165, 1.54) is 12.1 Å². The van der Waals surface area contributed by atoms with Gasteiger partial charge in [0.2, 0.25) is 11.8 Å². The summed E-state index contributed by atoms with van der Waals surface area (Å²) < 4.78 is 18.0. The van der Waals surface area contributed by atoms with Gasteiger partial charge in [-0.25, -0.2) is 4.39 Å². The molecule has 2 rings (SSSR count). The summed E-state index contributed by atoms with van der Waals surface area (Å²) in [5.41, 5.74) is 1.62. The van der Waals surface area contributed by atoms with Gasteiger partial charge in [-0.3, -0.25) is 14.5 Å². The Morgan fingerprint density at radius 3 is 2.34 bits per heavy atom. The van der Waals surface area contributed by atoms with Crippen LogP contribution in [0, 0.1) is 5.82 Å². The number of hydrogen-bond donors (Lipinski definition) is 2. The highest BCUT2D eigenvalue weighted by Crippen LogP contribution is 2.15. The van der Waals surface area contributed by atoms with Crippen LogP contribution in [0.1, 0.15) is 19.4 Å². The summed E-state index contributed by atoms with van der Waals surface area (Å²) in [6.07, 6.45) is 0.614. The van der Waals surface area contributed by atoms with Crippen molar-refractivity contribution in [3.63, 3.8) is 0 Å². The number of nitrogens with zero attached hydrogens (tertiary/aromatic N) is 1. The number of amides is 2. The van der Waals surface area contributed by atoms with Gasteiger partial charge >= 0.3 is 0 Å². The molecule has 2 amide bonds. The van der Waals surface area contributed by atoms with Crippen LogP contribution in [0.15, 0.2) is 48.5 Å². The van der Waals surface area contributed by atoms with E-state index in [0.717, 1.165) is 5.56 Å². The van der Waals surface area contributed by atoms with Gasteiger partial charge in [-0.05, 0) is 61.9 Å². The second-order valence-electron chi connectivity index (χ2n) is 6.68. The average Bonchev–Trinajstić information content (AvgIpc) is 2.73. The molecular formula is C22H28FN3O3. The largest absolute Gasteiger partial charge is 0.497 e. The molecule has 6 nitrogen and oxygen atoms in total. The molecule has 0 aromatic heterocycles. The van der Waals surface area contributed by atoms with Crippen molar-refractivity contribution in [2.24, 2.45) is 0 Å². The summed E-state index contributed by atoms with van der Waals surface area (Å²) in [4.78, 5) is 26.6. The van der Waals surface area contributed by atoms with Gasteiger partial charge in [-0.2, -0.15) is 0 Å². The third kappa shape index (κ3) is 7.19. The third-order valence-electron chi connectivity index (χ3n) is 4.68. The lowest BCUT2D eigenvalue weighted by molar-refractivity contribution is -0.127. The summed E-state index contributed by atoms with van der Waals surface area (Å²) in [6.45, 7) is 4.79. The van der Waals surface area contributed by atoms with E-state index in [-0.39, 0.29) is 24.2 Å². The Labute approximate surface area is 171 Å². The standard InChI is InChI=1S/C22H28FN3O3/c1-4-26(15-21(27)25-19-9-11-20(29-3)12-10-19)16(2)22(28)24-14-13-17-5-7-18(23)8-6-17/h5-12,16H,4,13-15H2,1-3H3,(H,24,28)(H,25,27)/t16-/m1/s1. The van der Waals surface area contributed by atoms with Crippen molar-refractivity contribution >= 4 is 17.5 Å². The van der Waals surface area contributed by atoms with Crippen molar-refractivity contribution in [2.75, 3.05) is 32.1 Å². The number of likely N-dealkylation sites (N-methyl/N-ethyl adjacent to an activating group) is 1. The minimum absolute atomic E-state index is 0.106. The van der Waals surface area contributed by atoms with E-state index < -0.39 is 6.04 Å². The van der Waals surface area contributed by atoms with E-state index in [4.69, 9.17) is 4.74 Å². The van der Waals surface area contributed by atoms with Crippen molar-refractivity contribution in [1.29, 1.82) is 0 Å². The van der Waals surface area contributed by atoms with Gasteiger partial charge in [-0.15, -0.1) is 0 Å². The zero-order valence-electron chi connectivity index (χ0n) is 17.1. The Morgan fingerprint density at radius 1 is 1.10 bits per heavy atom. The molecule has 0 fully saturated rings. The van der Waals surface area contributed by atoms with E-state index in [9.17, 15) is 14.0 Å². The topological polar surface area (TPSA) is 70.7 Å². The number of carbonyl (C=O) groups is 2. The van der Waals surface area contributed by atoms with Crippen LogP contribution in [0.4, 0.5) is 10.1 Å². The van der Waals surface area contributed by atoms with Gasteiger partial charge in [0.1, 0.15) is 11.6 Å². The van der Waals surface area contributed by atoms with Crippen LogP contribution < -0.4 is 15.4 Å². The number of hydrogen-bond acceptors (Lipinski definition) is 4. The molecule has 7 heteroatoms. The fourth-order valence-corrected chi connectivity index (χ4v) is 2.88. The summed E-state index contributed by atoms with van der Waals surface area (Å²) in [6, 6.07) is 12.8. The summed E-state index contributed by atoms with van der Waals surface area (Å²) >= 11 is 0. The minimum Gasteiger partial charge on any atom is -0.497 e. The number of benzene rings is 2. The van der Waals surface area contributed by atoms with Crippen LogP contribution in [-0.4, -0.2) is 49.5 Å². The SMILES string of the molecule is CCN(CC(=O)Nc1ccc(OC)cc1)[C@H](C)C(=O)NCCc1ccc(F)cc1. The number of nitrogens with one attached hydrogen (secondary N) is 2. The smallest absolute Gasteiger partial charge is 0.238 e. The predicted octanol–water partition coefficient (Wildman–Crippen LogP) is 2.84. The molecule has 0 saturated heterocycles. The second kappa shape index (κ2) is 11.2. The zero-order valence-corrected chi connectivity index (χ0v) is 17.1. The molecule has 0 unspecified atom stereocenters. The molecule has 0 aliphatic rings. The molecule has 29 heavy (non-hydrogen) atoms. The van der Waals surface area contributed by atoms with E-state index >= 15 is 0 Å². The predicted molar refractivity (Wildman–Crippen MR) is 111 cm³/mol. The normalized spacial score (nSPS) is 11.8. The molecule has 0 aliphatic carbocycles. The maximum atomic E-state index is 12.9. The molecule has 0 heterocycles. The van der Waals surface area contributed by atoms with Crippen LogP contribution in [0.25, 0.3) is 0 Å².